The quantitative estimate of drug-likeness (QED) is 0.545. The zero-order valence-electron chi connectivity index (χ0n) is 14.2. The van der Waals surface area contributed by atoms with Crippen molar-refractivity contribution in [3.63, 3.8) is 0 Å². The molecule has 0 radical (unpaired) electrons. The Labute approximate surface area is 150 Å². The number of ketones is 1. The van der Waals surface area contributed by atoms with Gasteiger partial charge in [0.05, 0.1) is 0 Å². The number of nitrogens with zero attached hydrogens (tertiary/aromatic N) is 2. The summed E-state index contributed by atoms with van der Waals surface area (Å²) >= 11 is 1.33. The van der Waals surface area contributed by atoms with Crippen LogP contribution in [0.4, 0.5) is 5.13 Å². The lowest BCUT2D eigenvalue weighted by atomic mass is 10.1. The molecule has 0 aliphatic carbocycles. The van der Waals surface area contributed by atoms with Gasteiger partial charge in [0, 0.05) is 5.56 Å². The number of aromatic nitrogens is 2. The fourth-order valence-electron chi connectivity index (χ4n) is 2.35. The minimum Gasteiger partial charge on any atom is -0.486 e. The molecule has 0 fully saturated rings. The third kappa shape index (κ3) is 4.22. The van der Waals surface area contributed by atoms with Crippen LogP contribution < -0.4 is 15.2 Å². The second kappa shape index (κ2) is 7.44. The highest BCUT2D eigenvalue weighted by molar-refractivity contribution is 7.14. The molecule has 0 saturated heterocycles. The molecule has 0 aliphatic heterocycles. The van der Waals surface area contributed by atoms with Crippen molar-refractivity contribution in [2.24, 2.45) is 0 Å². The van der Waals surface area contributed by atoms with E-state index in [2.05, 4.69) is 12.0 Å². The minimum absolute atomic E-state index is 0.0239. The van der Waals surface area contributed by atoms with Gasteiger partial charge in [-0.05, 0) is 48.4 Å². The van der Waals surface area contributed by atoms with Gasteiger partial charge in [0.25, 0.3) is 0 Å². The van der Waals surface area contributed by atoms with Gasteiger partial charge in [0.15, 0.2) is 11.6 Å². The van der Waals surface area contributed by atoms with Crippen molar-refractivity contribution in [2.45, 2.75) is 27.0 Å². The number of hydrogen-bond acceptors (Lipinski definition) is 5. The number of anilines is 1. The van der Waals surface area contributed by atoms with Crippen molar-refractivity contribution in [2.75, 3.05) is 5.73 Å². The summed E-state index contributed by atoms with van der Waals surface area (Å²) in [6, 6.07) is 15.1. The molecule has 5 nitrogen and oxygen atoms in total. The SMILES string of the molecule is Cc1ccc(OCc2n[n+](CC(=O)c3ccccc3)c(N)s2)cc1C. The van der Waals surface area contributed by atoms with E-state index in [0.717, 1.165) is 10.8 Å². The normalized spacial score (nSPS) is 10.6. The van der Waals surface area contributed by atoms with Crippen molar-refractivity contribution < 1.29 is 14.2 Å². The standard InChI is InChI=1S/C19H19N3O2S/c1-13-8-9-16(10-14(13)2)24-12-18-21-22(19(20)25-18)11-17(23)15-6-4-3-5-7-15/h3-10,20H,11-12H2,1-2H3/p+1. The Morgan fingerprint density at radius 3 is 2.64 bits per heavy atom. The zero-order valence-corrected chi connectivity index (χ0v) is 15.0. The van der Waals surface area contributed by atoms with E-state index >= 15 is 0 Å². The summed E-state index contributed by atoms with van der Waals surface area (Å²) in [6.45, 7) is 4.56. The van der Waals surface area contributed by atoms with Gasteiger partial charge in [-0.1, -0.05) is 41.5 Å². The summed E-state index contributed by atoms with van der Waals surface area (Å²) in [5.74, 6) is 0.771. The van der Waals surface area contributed by atoms with E-state index < -0.39 is 0 Å². The Morgan fingerprint density at radius 1 is 1.16 bits per heavy atom. The largest absolute Gasteiger partial charge is 0.486 e. The number of rotatable bonds is 6. The number of ether oxygens (including phenoxy) is 1. The van der Waals surface area contributed by atoms with Crippen molar-refractivity contribution in [1.82, 2.24) is 5.10 Å². The van der Waals surface area contributed by atoms with Crippen LogP contribution in [0.5, 0.6) is 5.75 Å². The fraction of sp³-hybridized carbons (Fsp3) is 0.211. The average molecular weight is 354 g/mol. The molecule has 0 bridgehead atoms. The van der Waals surface area contributed by atoms with E-state index in [1.165, 1.54) is 27.1 Å². The number of benzene rings is 2. The molecule has 1 heterocycles. The van der Waals surface area contributed by atoms with E-state index in [4.69, 9.17) is 10.5 Å². The van der Waals surface area contributed by atoms with Crippen LogP contribution in [-0.2, 0) is 13.2 Å². The summed E-state index contributed by atoms with van der Waals surface area (Å²) < 4.78 is 7.31. The molecule has 128 valence electrons. The number of nitrogen functional groups attached to an aromatic ring is 1. The summed E-state index contributed by atoms with van der Waals surface area (Å²) in [4.78, 5) is 12.3. The maximum Gasteiger partial charge on any atom is 0.354 e. The first-order valence-electron chi connectivity index (χ1n) is 7.96. The van der Waals surface area contributed by atoms with Crippen LogP contribution in [0.15, 0.2) is 48.5 Å². The van der Waals surface area contributed by atoms with Gasteiger partial charge in [0.1, 0.15) is 12.4 Å². The number of aryl methyl sites for hydroxylation is 2. The monoisotopic (exact) mass is 354 g/mol. The summed E-state index contributed by atoms with van der Waals surface area (Å²) in [7, 11) is 0. The molecule has 6 heteroatoms. The van der Waals surface area contributed by atoms with Crippen molar-refractivity contribution in [1.29, 1.82) is 0 Å². The van der Waals surface area contributed by atoms with Gasteiger partial charge in [-0.3, -0.25) is 10.5 Å². The van der Waals surface area contributed by atoms with E-state index in [1.54, 1.807) is 12.1 Å². The summed E-state index contributed by atoms with van der Waals surface area (Å²) in [5.41, 5.74) is 9.05. The topological polar surface area (TPSA) is 69.1 Å². The molecule has 2 N–H and O–H groups in total. The first kappa shape index (κ1) is 17.1. The number of carbonyl (C=O) groups excluding carboxylic acids is 1. The number of carbonyl (C=O) groups is 1. The smallest absolute Gasteiger partial charge is 0.354 e. The van der Waals surface area contributed by atoms with E-state index in [1.807, 2.05) is 43.3 Å². The highest BCUT2D eigenvalue weighted by Gasteiger charge is 2.18. The second-order valence-corrected chi connectivity index (χ2v) is 6.91. The highest BCUT2D eigenvalue weighted by Crippen LogP contribution is 2.19. The molecule has 0 saturated carbocycles. The van der Waals surface area contributed by atoms with Gasteiger partial charge in [-0.2, -0.15) is 0 Å². The Bertz CT molecular complexity index is 891. The van der Waals surface area contributed by atoms with E-state index in [-0.39, 0.29) is 12.3 Å². The number of hydrogen-bond donors (Lipinski definition) is 1. The van der Waals surface area contributed by atoms with Crippen LogP contribution in [0.2, 0.25) is 0 Å². The first-order chi connectivity index (χ1) is 12.0. The Morgan fingerprint density at radius 2 is 1.92 bits per heavy atom. The number of Topliss-reactive ketones (excluding diaryl/α,β-unsaturated/α-hetero) is 1. The molecule has 2 aromatic carbocycles. The molecule has 0 aliphatic rings. The maximum absolute atomic E-state index is 12.3. The maximum atomic E-state index is 12.3. The van der Waals surface area contributed by atoms with Crippen LogP contribution >= 0.6 is 11.3 Å². The molecular formula is C19H20N3O2S+. The minimum atomic E-state index is -0.0239. The Kier molecular flexibility index (Phi) is 5.09. The van der Waals surface area contributed by atoms with E-state index in [9.17, 15) is 4.79 Å². The molecule has 1 aromatic heterocycles. The fourth-order valence-corrected chi connectivity index (χ4v) is 3.06. The van der Waals surface area contributed by atoms with Crippen LogP contribution in [0.1, 0.15) is 26.5 Å². The lowest BCUT2D eigenvalue weighted by Gasteiger charge is -2.06. The van der Waals surface area contributed by atoms with Gasteiger partial charge in [-0.25, -0.2) is 0 Å². The van der Waals surface area contributed by atoms with Crippen molar-refractivity contribution in [3.8, 4) is 5.75 Å². The lowest BCUT2D eigenvalue weighted by molar-refractivity contribution is -0.723. The van der Waals surface area contributed by atoms with E-state index in [0.29, 0.717) is 17.3 Å². The average Bonchev–Trinajstić information content (AvgIpc) is 2.96. The second-order valence-electron chi connectivity index (χ2n) is 5.82. The van der Waals surface area contributed by atoms with Crippen LogP contribution in [0, 0.1) is 13.8 Å². The summed E-state index contributed by atoms with van der Waals surface area (Å²) in [6.07, 6.45) is 0. The molecular weight excluding hydrogens is 334 g/mol. The van der Waals surface area contributed by atoms with Crippen LogP contribution in [-0.4, -0.2) is 10.9 Å². The van der Waals surface area contributed by atoms with Gasteiger partial charge < -0.3 is 4.74 Å². The molecule has 0 spiro atoms. The first-order valence-corrected chi connectivity index (χ1v) is 8.78. The Hall–Kier alpha value is -2.73. The number of nitrogens with two attached hydrogens (primary N) is 1. The predicted octanol–water partition coefficient (Wildman–Crippen LogP) is 3.09. The molecule has 25 heavy (non-hydrogen) atoms. The third-order valence-electron chi connectivity index (χ3n) is 3.94. The van der Waals surface area contributed by atoms with Gasteiger partial charge in [0.2, 0.25) is 5.78 Å². The van der Waals surface area contributed by atoms with Gasteiger partial charge >= 0.3 is 5.13 Å². The Balaban J connectivity index is 1.65. The van der Waals surface area contributed by atoms with Crippen molar-refractivity contribution in [3.05, 3.63) is 70.2 Å². The molecule has 3 rings (SSSR count). The van der Waals surface area contributed by atoms with Gasteiger partial charge in [-0.15, -0.1) is 4.68 Å². The molecule has 0 amide bonds. The van der Waals surface area contributed by atoms with Crippen molar-refractivity contribution >= 4 is 22.3 Å². The molecule has 0 unspecified atom stereocenters. The third-order valence-corrected chi connectivity index (χ3v) is 4.79. The molecule has 3 aromatic rings. The lowest BCUT2D eigenvalue weighted by Crippen LogP contribution is -2.42. The summed E-state index contributed by atoms with van der Waals surface area (Å²) in [5, 5.41) is 5.62. The zero-order chi connectivity index (χ0) is 17.8. The molecule has 0 atom stereocenters. The van der Waals surface area contributed by atoms with Crippen LogP contribution in [0.3, 0.4) is 0 Å². The van der Waals surface area contributed by atoms with Crippen LogP contribution in [0.25, 0.3) is 0 Å². The highest BCUT2D eigenvalue weighted by atomic mass is 32.1. The predicted molar refractivity (Wildman–Crippen MR) is 97.7 cm³/mol.